The normalized spacial score (nSPS) is 11.0. The first-order chi connectivity index (χ1) is 13.9. The number of carbonyl (C=O) groups excluding carboxylic acids is 1. The summed E-state index contributed by atoms with van der Waals surface area (Å²) in [6, 6.07) is 9.41. The zero-order valence-electron chi connectivity index (χ0n) is 15.0. The third kappa shape index (κ3) is 3.07. The van der Waals surface area contributed by atoms with Crippen molar-refractivity contribution in [2.45, 2.75) is 0 Å². The molecule has 29 heavy (non-hydrogen) atoms. The number of aromatic amines is 1. The summed E-state index contributed by atoms with van der Waals surface area (Å²) in [5.74, 6) is -2.00. The monoisotopic (exact) mass is 414 g/mol. The van der Waals surface area contributed by atoms with Crippen LogP contribution in [0.2, 0.25) is 5.02 Å². The Balaban J connectivity index is 2.03. The Kier molecular flexibility index (Phi) is 4.63. The van der Waals surface area contributed by atoms with E-state index < -0.39 is 22.9 Å². The molecule has 2 heterocycles. The van der Waals surface area contributed by atoms with Crippen molar-refractivity contribution in [3.05, 3.63) is 81.2 Å². The molecule has 6 nitrogen and oxygen atoms in total. The predicted octanol–water partition coefficient (Wildman–Crippen LogP) is 3.67. The van der Waals surface area contributed by atoms with Crippen LogP contribution in [0.25, 0.3) is 27.8 Å². The van der Waals surface area contributed by atoms with Crippen LogP contribution in [-0.2, 0) is 0 Å². The van der Waals surface area contributed by atoms with Crippen molar-refractivity contribution in [3.63, 3.8) is 0 Å². The molecule has 2 aromatic carbocycles. The average Bonchev–Trinajstić information content (AvgIpc) is 3.07. The fourth-order valence-corrected chi connectivity index (χ4v) is 3.39. The summed E-state index contributed by atoms with van der Waals surface area (Å²) in [6.45, 7) is 0. The number of carbonyl (C=O) groups is 1. The number of nitrogens with one attached hydrogen (secondary N) is 2. The number of hydrogen-bond donors (Lipinski definition) is 2. The molecule has 0 atom stereocenters. The molecule has 0 saturated carbocycles. The molecule has 4 aromatic rings. The Bertz CT molecular complexity index is 1310. The van der Waals surface area contributed by atoms with E-state index in [1.54, 1.807) is 0 Å². The van der Waals surface area contributed by atoms with E-state index in [1.165, 1.54) is 43.6 Å². The lowest BCUT2D eigenvalue weighted by atomic mass is 10.1. The average molecular weight is 415 g/mol. The first-order valence-electron chi connectivity index (χ1n) is 8.49. The molecular formula is C20H13ClF2N4O2. The molecule has 0 aliphatic rings. The highest BCUT2D eigenvalue weighted by Gasteiger charge is 2.22. The van der Waals surface area contributed by atoms with E-state index in [2.05, 4.69) is 15.4 Å². The first kappa shape index (κ1) is 18.8. The smallest absolute Gasteiger partial charge is 0.259 e. The summed E-state index contributed by atoms with van der Waals surface area (Å²) in [6.07, 6.45) is 1.36. The lowest BCUT2D eigenvalue weighted by Gasteiger charge is -2.06. The molecule has 1 amide bonds. The van der Waals surface area contributed by atoms with Gasteiger partial charge in [0.15, 0.2) is 11.6 Å². The van der Waals surface area contributed by atoms with Gasteiger partial charge in [0.25, 0.3) is 11.5 Å². The van der Waals surface area contributed by atoms with Gasteiger partial charge in [-0.05, 0) is 30.3 Å². The predicted molar refractivity (Wildman–Crippen MR) is 105 cm³/mol. The highest BCUT2D eigenvalue weighted by atomic mass is 35.5. The van der Waals surface area contributed by atoms with Crippen LogP contribution in [0, 0.1) is 11.6 Å². The van der Waals surface area contributed by atoms with E-state index in [9.17, 15) is 18.4 Å². The molecule has 2 aromatic heterocycles. The van der Waals surface area contributed by atoms with Crippen molar-refractivity contribution >= 4 is 28.4 Å². The minimum atomic E-state index is -0.831. The van der Waals surface area contributed by atoms with Crippen molar-refractivity contribution in [1.29, 1.82) is 0 Å². The maximum atomic E-state index is 14.4. The van der Waals surface area contributed by atoms with Crippen molar-refractivity contribution < 1.29 is 13.6 Å². The number of para-hydroxylation sites is 1. The van der Waals surface area contributed by atoms with Crippen LogP contribution in [-0.4, -0.2) is 27.7 Å². The number of H-pyrrole nitrogens is 1. The van der Waals surface area contributed by atoms with E-state index in [4.69, 9.17) is 11.6 Å². The number of pyridine rings is 1. The number of nitrogens with zero attached hydrogens (tertiary/aromatic N) is 2. The van der Waals surface area contributed by atoms with Crippen molar-refractivity contribution in [1.82, 2.24) is 20.1 Å². The molecule has 0 fully saturated rings. The SMILES string of the molecule is CNC(=O)c1ccc(-c2nn(-c3c(F)cccc3F)c3cc[nH]c(=O)c23)c(Cl)c1. The topological polar surface area (TPSA) is 79.8 Å². The number of rotatable bonds is 3. The Morgan fingerprint density at radius 3 is 2.55 bits per heavy atom. The molecular weight excluding hydrogens is 402 g/mol. The fourth-order valence-electron chi connectivity index (χ4n) is 3.12. The van der Waals surface area contributed by atoms with Crippen molar-refractivity contribution in [2.75, 3.05) is 7.05 Å². The molecule has 0 unspecified atom stereocenters. The Labute approximate surface area is 167 Å². The molecule has 0 aliphatic heterocycles. The van der Waals surface area contributed by atoms with Crippen LogP contribution in [0.3, 0.4) is 0 Å². The number of benzene rings is 2. The standard InChI is InChI=1S/C20H13ClF2N4O2/c1-24-19(28)10-5-6-11(12(21)9-10)17-16-15(7-8-25-20(16)29)27(26-17)18-13(22)3-2-4-14(18)23/h2-9H,1H3,(H,24,28)(H,25,29). The van der Waals surface area contributed by atoms with Gasteiger partial charge < -0.3 is 10.3 Å². The van der Waals surface area contributed by atoms with Gasteiger partial charge in [0.05, 0.1) is 15.9 Å². The lowest BCUT2D eigenvalue weighted by Crippen LogP contribution is -2.17. The number of halogens is 3. The summed E-state index contributed by atoms with van der Waals surface area (Å²) in [7, 11) is 1.49. The first-order valence-corrected chi connectivity index (χ1v) is 8.87. The zero-order valence-corrected chi connectivity index (χ0v) is 15.7. The molecule has 2 N–H and O–H groups in total. The van der Waals surface area contributed by atoms with Crippen molar-refractivity contribution in [3.8, 4) is 16.9 Å². The molecule has 0 radical (unpaired) electrons. The number of amides is 1. The lowest BCUT2D eigenvalue weighted by molar-refractivity contribution is 0.0963. The molecule has 9 heteroatoms. The number of hydrogen-bond acceptors (Lipinski definition) is 3. The maximum absolute atomic E-state index is 14.4. The molecule has 146 valence electrons. The number of aromatic nitrogens is 3. The molecule has 0 spiro atoms. The molecule has 0 aliphatic carbocycles. The van der Waals surface area contributed by atoms with Gasteiger partial charge in [-0.25, -0.2) is 13.5 Å². The third-order valence-electron chi connectivity index (χ3n) is 4.47. The van der Waals surface area contributed by atoms with Crippen molar-refractivity contribution in [2.24, 2.45) is 0 Å². The van der Waals surface area contributed by atoms with E-state index in [0.29, 0.717) is 11.1 Å². The molecule has 4 rings (SSSR count). The highest BCUT2D eigenvalue weighted by Crippen LogP contribution is 2.33. The van der Waals surface area contributed by atoms with Gasteiger partial charge in [-0.15, -0.1) is 0 Å². The molecule has 0 saturated heterocycles. The van der Waals surface area contributed by atoms with Gasteiger partial charge in [-0.2, -0.15) is 5.10 Å². The summed E-state index contributed by atoms with van der Waals surface area (Å²) in [5.41, 5.74) is 0.104. The number of fused-ring (bicyclic) bond motifs is 1. The third-order valence-corrected chi connectivity index (χ3v) is 4.78. The van der Waals surface area contributed by atoms with E-state index >= 15 is 0 Å². The largest absolute Gasteiger partial charge is 0.355 e. The second-order valence-corrected chi connectivity index (χ2v) is 6.58. The minimum absolute atomic E-state index is 0.116. The van der Waals surface area contributed by atoms with Gasteiger partial charge in [0, 0.05) is 24.4 Å². The van der Waals surface area contributed by atoms with Crippen LogP contribution in [0.5, 0.6) is 0 Å². The highest BCUT2D eigenvalue weighted by molar-refractivity contribution is 6.34. The Morgan fingerprint density at radius 2 is 1.90 bits per heavy atom. The van der Waals surface area contributed by atoms with Gasteiger partial charge in [0.1, 0.15) is 11.4 Å². The zero-order chi connectivity index (χ0) is 20.7. The van der Waals surface area contributed by atoms with Gasteiger partial charge >= 0.3 is 0 Å². The van der Waals surface area contributed by atoms with Gasteiger partial charge in [0.2, 0.25) is 0 Å². The minimum Gasteiger partial charge on any atom is -0.355 e. The summed E-state index contributed by atoms with van der Waals surface area (Å²) >= 11 is 6.35. The van der Waals surface area contributed by atoms with Crippen LogP contribution in [0.15, 0.2) is 53.5 Å². The second-order valence-electron chi connectivity index (χ2n) is 6.17. The maximum Gasteiger partial charge on any atom is 0.259 e. The Morgan fingerprint density at radius 1 is 1.17 bits per heavy atom. The molecule has 0 bridgehead atoms. The summed E-state index contributed by atoms with van der Waals surface area (Å²) in [4.78, 5) is 26.9. The van der Waals surface area contributed by atoms with Gasteiger partial charge in [-0.1, -0.05) is 23.7 Å². The van der Waals surface area contributed by atoms with Crippen LogP contribution >= 0.6 is 11.6 Å². The van der Waals surface area contributed by atoms with Gasteiger partial charge in [-0.3, -0.25) is 9.59 Å². The van der Waals surface area contributed by atoms with Crippen LogP contribution in [0.1, 0.15) is 10.4 Å². The van der Waals surface area contributed by atoms with E-state index in [-0.39, 0.29) is 27.5 Å². The Hall–Kier alpha value is -3.52. The van der Waals surface area contributed by atoms with Crippen LogP contribution in [0.4, 0.5) is 8.78 Å². The van der Waals surface area contributed by atoms with E-state index in [0.717, 1.165) is 16.8 Å². The quantitative estimate of drug-likeness (QED) is 0.536. The summed E-state index contributed by atoms with van der Waals surface area (Å²) in [5, 5.41) is 7.07. The van der Waals surface area contributed by atoms with E-state index in [1.807, 2.05) is 0 Å². The second kappa shape index (κ2) is 7.14. The van der Waals surface area contributed by atoms with Crippen LogP contribution < -0.4 is 10.9 Å². The summed E-state index contributed by atoms with van der Waals surface area (Å²) < 4.78 is 29.8. The fraction of sp³-hybridized carbons (Fsp3) is 0.0500.